The third-order valence-corrected chi connectivity index (χ3v) is 5.74. The van der Waals surface area contributed by atoms with Gasteiger partial charge in [-0.2, -0.15) is 0 Å². The summed E-state index contributed by atoms with van der Waals surface area (Å²) < 4.78 is 6.57. The fourth-order valence-electron chi connectivity index (χ4n) is 2.97. The van der Waals surface area contributed by atoms with Crippen molar-refractivity contribution in [3.8, 4) is 5.69 Å². The second-order valence-electron chi connectivity index (χ2n) is 7.31. The maximum Gasteiger partial charge on any atom is 0.337 e. The van der Waals surface area contributed by atoms with Gasteiger partial charge in [-0.15, -0.1) is 10.2 Å². The van der Waals surface area contributed by atoms with Crippen molar-refractivity contribution in [1.29, 1.82) is 0 Å². The fraction of sp³-hybridized carbons (Fsp3) is 0.304. The molecule has 0 saturated heterocycles. The quantitative estimate of drug-likeness (QED) is 0.406. The van der Waals surface area contributed by atoms with Crippen molar-refractivity contribution in [2.75, 3.05) is 19.4 Å². The zero-order chi connectivity index (χ0) is 22.2. The zero-order valence-corrected chi connectivity index (χ0v) is 18.7. The minimum Gasteiger partial charge on any atom is -0.465 e. The van der Waals surface area contributed by atoms with Gasteiger partial charge in [-0.1, -0.05) is 49.9 Å². The van der Waals surface area contributed by atoms with Crippen LogP contribution < -0.4 is 5.32 Å². The summed E-state index contributed by atoms with van der Waals surface area (Å²) in [5, 5.41) is 11.7. The van der Waals surface area contributed by atoms with E-state index in [0.717, 1.165) is 11.3 Å². The van der Waals surface area contributed by atoms with Crippen molar-refractivity contribution < 1.29 is 14.3 Å². The van der Waals surface area contributed by atoms with Crippen LogP contribution in [0, 0.1) is 0 Å². The third-order valence-electron chi connectivity index (χ3n) is 4.80. The SMILES string of the molecule is COC(=O)c1ccc(CCNC(=O)CSc2nncn2-c2ccc(C(C)C)cc2)cc1. The number of benzene rings is 2. The summed E-state index contributed by atoms with van der Waals surface area (Å²) in [4.78, 5) is 23.7. The van der Waals surface area contributed by atoms with Gasteiger partial charge in [0.25, 0.3) is 0 Å². The van der Waals surface area contributed by atoms with Gasteiger partial charge >= 0.3 is 5.97 Å². The van der Waals surface area contributed by atoms with Crippen LogP contribution >= 0.6 is 11.8 Å². The molecule has 0 unspecified atom stereocenters. The van der Waals surface area contributed by atoms with Gasteiger partial charge in [0.1, 0.15) is 6.33 Å². The maximum absolute atomic E-state index is 12.2. The number of esters is 1. The molecule has 1 N–H and O–H groups in total. The van der Waals surface area contributed by atoms with E-state index in [0.29, 0.717) is 29.6 Å². The lowest BCUT2D eigenvalue weighted by Crippen LogP contribution is -2.27. The molecule has 31 heavy (non-hydrogen) atoms. The first-order valence-electron chi connectivity index (χ1n) is 10.0. The second-order valence-corrected chi connectivity index (χ2v) is 8.25. The number of hydrogen-bond acceptors (Lipinski definition) is 6. The predicted octanol–water partition coefficient (Wildman–Crippen LogP) is 3.63. The molecule has 3 aromatic rings. The summed E-state index contributed by atoms with van der Waals surface area (Å²) in [7, 11) is 1.36. The van der Waals surface area contributed by atoms with Crippen LogP contribution in [-0.4, -0.2) is 46.0 Å². The van der Waals surface area contributed by atoms with Gasteiger partial charge in [-0.3, -0.25) is 9.36 Å². The Morgan fingerprint density at radius 1 is 1.10 bits per heavy atom. The molecule has 0 bridgehead atoms. The predicted molar refractivity (Wildman–Crippen MR) is 121 cm³/mol. The van der Waals surface area contributed by atoms with E-state index in [2.05, 4.69) is 46.2 Å². The number of thioether (sulfide) groups is 1. The van der Waals surface area contributed by atoms with Gasteiger partial charge in [-0.05, 0) is 47.7 Å². The van der Waals surface area contributed by atoms with E-state index in [9.17, 15) is 9.59 Å². The first kappa shape index (κ1) is 22.6. The number of ether oxygens (including phenoxy) is 1. The number of carbonyl (C=O) groups is 2. The first-order chi connectivity index (χ1) is 15.0. The van der Waals surface area contributed by atoms with E-state index in [4.69, 9.17) is 0 Å². The molecule has 0 aliphatic heterocycles. The molecular formula is C23H26N4O3S. The molecular weight excluding hydrogens is 412 g/mol. The summed E-state index contributed by atoms with van der Waals surface area (Å²) >= 11 is 1.35. The highest BCUT2D eigenvalue weighted by Crippen LogP contribution is 2.21. The molecule has 0 atom stereocenters. The smallest absolute Gasteiger partial charge is 0.337 e. The van der Waals surface area contributed by atoms with Gasteiger partial charge in [0.05, 0.1) is 18.4 Å². The van der Waals surface area contributed by atoms with E-state index in [1.54, 1.807) is 18.5 Å². The molecule has 7 nitrogen and oxygen atoms in total. The van der Waals surface area contributed by atoms with Crippen molar-refractivity contribution in [3.05, 3.63) is 71.5 Å². The number of nitrogens with zero attached hydrogens (tertiary/aromatic N) is 3. The number of carbonyl (C=O) groups excluding carboxylic acids is 2. The van der Waals surface area contributed by atoms with Crippen molar-refractivity contribution >= 4 is 23.6 Å². The third kappa shape index (κ3) is 6.18. The second kappa shape index (κ2) is 10.8. The Morgan fingerprint density at radius 2 is 1.81 bits per heavy atom. The summed E-state index contributed by atoms with van der Waals surface area (Å²) in [5.41, 5.74) is 3.78. The lowest BCUT2D eigenvalue weighted by molar-refractivity contribution is -0.118. The van der Waals surface area contributed by atoms with E-state index < -0.39 is 0 Å². The Labute approximate surface area is 186 Å². The molecule has 8 heteroatoms. The maximum atomic E-state index is 12.2. The molecule has 0 aliphatic carbocycles. The number of methoxy groups -OCH3 is 1. The standard InChI is InChI=1S/C23H26N4O3S/c1-16(2)18-8-10-20(11-9-18)27-15-25-26-23(27)31-14-21(28)24-13-12-17-4-6-19(7-5-17)22(29)30-3/h4-11,15-16H,12-14H2,1-3H3,(H,24,28). The van der Waals surface area contributed by atoms with E-state index in [1.165, 1.54) is 24.4 Å². The minimum absolute atomic E-state index is 0.0686. The van der Waals surface area contributed by atoms with Crippen molar-refractivity contribution in [2.24, 2.45) is 0 Å². The van der Waals surface area contributed by atoms with Crippen molar-refractivity contribution in [1.82, 2.24) is 20.1 Å². The Bertz CT molecular complexity index is 1010. The average molecular weight is 439 g/mol. The van der Waals surface area contributed by atoms with Crippen molar-refractivity contribution in [2.45, 2.75) is 31.3 Å². The number of nitrogens with one attached hydrogen (secondary N) is 1. The van der Waals surface area contributed by atoms with Crippen LogP contribution in [0.5, 0.6) is 0 Å². The highest BCUT2D eigenvalue weighted by Gasteiger charge is 2.11. The highest BCUT2D eigenvalue weighted by atomic mass is 32.2. The van der Waals surface area contributed by atoms with Gasteiger partial charge in [0.2, 0.25) is 5.91 Å². The topological polar surface area (TPSA) is 86.1 Å². The minimum atomic E-state index is -0.361. The monoisotopic (exact) mass is 438 g/mol. The first-order valence-corrected chi connectivity index (χ1v) is 11.0. The lowest BCUT2D eigenvalue weighted by atomic mass is 10.0. The normalized spacial score (nSPS) is 10.8. The van der Waals surface area contributed by atoms with Crippen LogP contribution in [0.3, 0.4) is 0 Å². The van der Waals surface area contributed by atoms with Gasteiger partial charge < -0.3 is 10.1 Å². The van der Waals surface area contributed by atoms with E-state index >= 15 is 0 Å². The Balaban J connectivity index is 1.47. The Morgan fingerprint density at radius 3 is 2.45 bits per heavy atom. The summed E-state index contributed by atoms with van der Waals surface area (Å²) in [6, 6.07) is 15.4. The summed E-state index contributed by atoms with van der Waals surface area (Å²) in [5.74, 6) is 0.295. The average Bonchev–Trinajstić information content (AvgIpc) is 3.26. The molecule has 0 saturated carbocycles. The fourth-order valence-corrected chi connectivity index (χ4v) is 3.73. The Hall–Kier alpha value is -3.13. The molecule has 3 rings (SSSR count). The molecule has 0 radical (unpaired) electrons. The molecule has 1 aromatic heterocycles. The number of hydrogen-bond donors (Lipinski definition) is 1. The van der Waals surface area contributed by atoms with Crippen LogP contribution in [0.15, 0.2) is 60.0 Å². The molecule has 2 aromatic carbocycles. The van der Waals surface area contributed by atoms with Gasteiger partial charge in [0.15, 0.2) is 5.16 Å². The number of aromatic nitrogens is 3. The van der Waals surface area contributed by atoms with Crippen LogP contribution in [-0.2, 0) is 16.0 Å². The van der Waals surface area contributed by atoms with Crippen LogP contribution in [0.4, 0.5) is 0 Å². The summed E-state index contributed by atoms with van der Waals surface area (Å²) in [6.07, 6.45) is 2.33. The van der Waals surface area contributed by atoms with Gasteiger partial charge in [-0.25, -0.2) is 4.79 Å². The molecule has 1 amide bonds. The largest absolute Gasteiger partial charge is 0.465 e. The van der Waals surface area contributed by atoms with Gasteiger partial charge in [0, 0.05) is 12.2 Å². The van der Waals surface area contributed by atoms with E-state index in [-0.39, 0.29) is 17.6 Å². The zero-order valence-electron chi connectivity index (χ0n) is 17.9. The van der Waals surface area contributed by atoms with Crippen LogP contribution in [0.2, 0.25) is 0 Å². The number of amides is 1. The molecule has 0 spiro atoms. The molecule has 0 aliphatic rings. The van der Waals surface area contributed by atoms with Crippen molar-refractivity contribution in [3.63, 3.8) is 0 Å². The molecule has 162 valence electrons. The lowest BCUT2D eigenvalue weighted by Gasteiger charge is -2.09. The molecule has 0 fully saturated rings. The Kier molecular flexibility index (Phi) is 7.83. The molecule has 1 heterocycles. The highest BCUT2D eigenvalue weighted by molar-refractivity contribution is 7.99. The van der Waals surface area contributed by atoms with Crippen LogP contribution in [0.25, 0.3) is 5.69 Å². The summed E-state index contributed by atoms with van der Waals surface area (Å²) in [6.45, 7) is 4.83. The van der Waals surface area contributed by atoms with Crippen LogP contribution in [0.1, 0.15) is 41.3 Å². The van der Waals surface area contributed by atoms with E-state index in [1.807, 2.05) is 28.8 Å². The number of rotatable bonds is 9.